The Hall–Kier alpha value is -1.39. The number of rotatable bonds is 3. The van der Waals surface area contributed by atoms with Gasteiger partial charge in [-0.2, -0.15) is 0 Å². The summed E-state index contributed by atoms with van der Waals surface area (Å²) in [5, 5.41) is 3.57. The number of nitrogens with zero attached hydrogens (tertiary/aromatic N) is 2. The summed E-state index contributed by atoms with van der Waals surface area (Å²) in [6.07, 6.45) is 8.92. The van der Waals surface area contributed by atoms with E-state index >= 15 is 0 Å². The fourth-order valence-electron chi connectivity index (χ4n) is 2.78. The van der Waals surface area contributed by atoms with Gasteiger partial charge in [0.2, 0.25) is 0 Å². The fraction of sp³-hybridized carbons (Fsp3) is 0.500. The van der Waals surface area contributed by atoms with E-state index in [0.717, 1.165) is 29.9 Å². The second-order valence-electron chi connectivity index (χ2n) is 5.02. The van der Waals surface area contributed by atoms with Crippen molar-refractivity contribution in [1.82, 2.24) is 14.7 Å². The van der Waals surface area contributed by atoms with E-state index in [0.29, 0.717) is 12.6 Å². The minimum atomic E-state index is 0.567. The lowest BCUT2D eigenvalue weighted by Gasteiger charge is -2.22. The maximum absolute atomic E-state index is 5.76. The Bertz CT molecular complexity index is 526. The highest BCUT2D eigenvalue weighted by Gasteiger charge is 2.16. The molecule has 4 heteroatoms. The minimum absolute atomic E-state index is 0.567. The maximum Gasteiger partial charge on any atom is 0.114 e. The van der Waals surface area contributed by atoms with Gasteiger partial charge in [0.05, 0.1) is 11.7 Å². The van der Waals surface area contributed by atoms with Crippen LogP contribution in [-0.4, -0.2) is 22.0 Å². The second-order valence-corrected chi connectivity index (χ2v) is 5.02. The fourth-order valence-corrected chi connectivity index (χ4v) is 2.78. The van der Waals surface area contributed by atoms with Gasteiger partial charge in [-0.25, -0.2) is 4.98 Å². The topological polar surface area (TPSA) is 55.4 Å². The Labute approximate surface area is 107 Å². The van der Waals surface area contributed by atoms with Gasteiger partial charge in [-0.3, -0.25) is 0 Å². The lowest BCUT2D eigenvalue weighted by Crippen LogP contribution is -2.36. The molecule has 0 bridgehead atoms. The van der Waals surface area contributed by atoms with Gasteiger partial charge in [0.25, 0.3) is 0 Å². The van der Waals surface area contributed by atoms with Gasteiger partial charge in [-0.15, -0.1) is 0 Å². The molecule has 0 aromatic carbocycles. The van der Waals surface area contributed by atoms with Crippen molar-refractivity contribution in [3.8, 4) is 0 Å². The number of pyridine rings is 1. The standard InChI is InChI=1S/C14H20N4/c15-9-11-4-3-7-18-13(11)10-17-14(18)8-12-5-1-2-6-16-12/h3-4,7,10,12,16H,1-2,5-6,8-9,15H2. The van der Waals surface area contributed by atoms with E-state index in [4.69, 9.17) is 5.73 Å². The Balaban J connectivity index is 1.88. The molecule has 2 aromatic rings. The lowest BCUT2D eigenvalue weighted by molar-refractivity contribution is 0.394. The minimum Gasteiger partial charge on any atom is -0.326 e. The summed E-state index contributed by atoms with van der Waals surface area (Å²) in [7, 11) is 0. The van der Waals surface area contributed by atoms with Gasteiger partial charge in [-0.05, 0) is 31.0 Å². The Kier molecular flexibility index (Phi) is 3.30. The molecule has 3 rings (SSSR count). The Morgan fingerprint density at radius 2 is 2.39 bits per heavy atom. The van der Waals surface area contributed by atoms with E-state index in [1.807, 2.05) is 6.20 Å². The van der Waals surface area contributed by atoms with Crippen LogP contribution in [0.4, 0.5) is 0 Å². The van der Waals surface area contributed by atoms with Crippen molar-refractivity contribution in [1.29, 1.82) is 0 Å². The van der Waals surface area contributed by atoms with Gasteiger partial charge in [0, 0.05) is 25.2 Å². The molecule has 96 valence electrons. The highest BCUT2D eigenvalue weighted by Crippen LogP contribution is 2.16. The highest BCUT2D eigenvalue weighted by atomic mass is 15.0. The Morgan fingerprint density at radius 1 is 1.44 bits per heavy atom. The maximum atomic E-state index is 5.76. The number of hydrogen-bond donors (Lipinski definition) is 2. The van der Waals surface area contributed by atoms with E-state index < -0.39 is 0 Å². The number of nitrogens with two attached hydrogens (primary N) is 1. The molecule has 1 aliphatic rings. The van der Waals surface area contributed by atoms with Crippen LogP contribution in [0.25, 0.3) is 5.52 Å². The van der Waals surface area contributed by atoms with Crippen molar-refractivity contribution >= 4 is 5.52 Å². The van der Waals surface area contributed by atoms with E-state index in [1.54, 1.807) is 0 Å². The number of piperidine rings is 1. The largest absolute Gasteiger partial charge is 0.326 e. The normalized spacial score (nSPS) is 20.4. The summed E-state index contributed by atoms with van der Waals surface area (Å²) >= 11 is 0. The zero-order chi connectivity index (χ0) is 12.4. The van der Waals surface area contributed by atoms with Crippen LogP contribution in [0.5, 0.6) is 0 Å². The molecule has 1 saturated heterocycles. The number of hydrogen-bond acceptors (Lipinski definition) is 3. The molecule has 4 nitrogen and oxygen atoms in total. The summed E-state index contributed by atoms with van der Waals surface area (Å²) in [5.41, 5.74) is 8.06. The van der Waals surface area contributed by atoms with Crippen LogP contribution >= 0.6 is 0 Å². The van der Waals surface area contributed by atoms with Gasteiger partial charge in [-0.1, -0.05) is 12.5 Å². The first-order valence-electron chi connectivity index (χ1n) is 6.76. The van der Waals surface area contributed by atoms with Gasteiger partial charge in [0.15, 0.2) is 0 Å². The van der Waals surface area contributed by atoms with Crippen LogP contribution in [-0.2, 0) is 13.0 Å². The van der Waals surface area contributed by atoms with Gasteiger partial charge in [0.1, 0.15) is 5.82 Å². The molecule has 18 heavy (non-hydrogen) atoms. The van der Waals surface area contributed by atoms with Crippen molar-refractivity contribution < 1.29 is 0 Å². The molecule has 1 unspecified atom stereocenters. The molecular formula is C14H20N4. The first-order chi connectivity index (χ1) is 8.88. The zero-order valence-corrected chi connectivity index (χ0v) is 10.6. The predicted molar refractivity (Wildman–Crippen MR) is 72.4 cm³/mol. The molecule has 1 aliphatic heterocycles. The molecule has 0 amide bonds. The SMILES string of the molecule is NCc1cccn2c(CC3CCCCN3)ncc12. The molecule has 1 atom stereocenters. The molecule has 2 aromatic heterocycles. The zero-order valence-electron chi connectivity index (χ0n) is 10.6. The summed E-state index contributed by atoms with van der Waals surface area (Å²) in [4.78, 5) is 4.57. The predicted octanol–water partition coefficient (Wildman–Crippen LogP) is 1.48. The molecule has 3 N–H and O–H groups in total. The van der Waals surface area contributed by atoms with Crippen LogP contribution in [0, 0.1) is 0 Å². The molecule has 0 saturated carbocycles. The average molecular weight is 244 g/mol. The first kappa shape index (κ1) is 11.7. The van der Waals surface area contributed by atoms with Crippen molar-refractivity contribution in [2.24, 2.45) is 5.73 Å². The molecule has 3 heterocycles. The van der Waals surface area contributed by atoms with Crippen LogP contribution < -0.4 is 11.1 Å². The van der Waals surface area contributed by atoms with Crippen LogP contribution in [0.1, 0.15) is 30.7 Å². The van der Waals surface area contributed by atoms with Gasteiger partial charge >= 0.3 is 0 Å². The smallest absolute Gasteiger partial charge is 0.114 e. The van der Waals surface area contributed by atoms with Crippen molar-refractivity contribution in [3.05, 3.63) is 35.9 Å². The third kappa shape index (κ3) is 2.13. The molecule has 0 radical (unpaired) electrons. The van der Waals surface area contributed by atoms with Gasteiger partial charge < -0.3 is 15.5 Å². The number of fused-ring (bicyclic) bond motifs is 1. The number of aromatic nitrogens is 2. The van der Waals surface area contributed by atoms with E-state index in [1.165, 1.54) is 19.3 Å². The van der Waals surface area contributed by atoms with E-state index in [-0.39, 0.29) is 0 Å². The van der Waals surface area contributed by atoms with Crippen LogP contribution in [0.3, 0.4) is 0 Å². The van der Waals surface area contributed by atoms with Crippen molar-refractivity contribution in [2.45, 2.75) is 38.3 Å². The number of nitrogens with one attached hydrogen (secondary N) is 1. The summed E-state index contributed by atoms with van der Waals surface area (Å²) in [6, 6.07) is 4.69. The molecule has 0 spiro atoms. The summed E-state index contributed by atoms with van der Waals surface area (Å²) in [6.45, 7) is 1.71. The summed E-state index contributed by atoms with van der Waals surface area (Å²) < 4.78 is 2.18. The number of imidazole rings is 1. The molecule has 1 fully saturated rings. The monoisotopic (exact) mass is 244 g/mol. The molecular weight excluding hydrogens is 224 g/mol. The van der Waals surface area contributed by atoms with E-state index in [2.05, 4.69) is 33.0 Å². The molecule has 0 aliphatic carbocycles. The second kappa shape index (κ2) is 5.08. The van der Waals surface area contributed by atoms with Crippen molar-refractivity contribution in [3.63, 3.8) is 0 Å². The van der Waals surface area contributed by atoms with Crippen LogP contribution in [0.15, 0.2) is 24.5 Å². The third-order valence-electron chi connectivity index (χ3n) is 3.80. The Morgan fingerprint density at radius 3 is 3.17 bits per heavy atom. The lowest BCUT2D eigenvalue weighted by atomic mass is 10.0. The van der Waals surface area contributed by atoms with Crippen molar-refractivity contribution in [2.75, 3.05) is 6.54 Å². The highest BCUT2D eigenvalue weighted by molar-refractivity contribution is 5.54. The first-order valence-corrected chi connectivity index (χ1v) is 6.76. The average Bonchev–Trinajstić information content (AvgIpc) is 2.83. The third-order valence-corrected chi connectivity index (χ3v) is 3.80. The quantitative estimate of drug-likeness (QED) is 0.860. The van der Waals surface area contributed by atoms with E-state index in [9.17, 15) is 0 Å². The summed E-state index contributed by atoms with van der Waals surface area (Å²) in [5.74, 6) is 1.14. The van der Waals surface area contributed by atoms with Crippen LogP contribution in [0.2, 0.25) is 0 Å².